The molecular weight excluding hydrogens is 278 g/mol. The van der Waals surface area contributed by atoms with Gasteiger partial charge in [0.1, 0.15) is 11.6 Å². The predicted molar refractivity (Wildman–Crippen MR) is 74.0 cm³/mol. The second kappa shape index (κ2) is 4.90. The summed E-state index contributed by atoms with van der Waals surface area (Å²) in [6, 6.07) is 7.47. The minimum absolute atomic E-state index is 0.0826. The Morgan fingerprint density at radius 3 is 2.62 bits per heavy atom. The second-order valence-corrected chi connectivity index (χ2v) is 4.46. The summed E-state index contributed by atoms with van der Waals surface area (Å²) in [7, 11) is 0. The Morgan fingerprint density at radius 2 is 1.81 bits per heavy atom. The molecule has 3 rings (SSSR count). The molecule has 0 amide bonds. The lowest BCUT2D eigenvalue weighted by Crippen LogP contribution is -2.11. The van der Waals surface area contributed by atoms with E-state index in [0.717, 1.165) is 12.1 Å². The van der Waals surface area contributed by atoms with Crippen LogP contribution >= 0.6 is 0 Å². The van der Waals surface area contributed by atoms with Crippen LogP contribution in [0.15, 0.2) is 42.6 Å². The summed E-state index contributed by atoms with van der Waals surface area (Å²) in [6.45, 7) is 0. The van der Waals surface area contributed by atoms with Crippen LogP contribution in [0.2, 0.25) is 0 Å². The average Bonchev–Trinajstić information content (AvgIpc) is 2.84. The van der Waals surface area contributed by atoms with Crippen LogP contribution in [0, 0.1) is 11.6 Å². The fourth-order valence-electron chi connectivity index (χ4n) is 2.01. The van der Waals surface area contributed by atoms with Gasteiger partial charge in [0.2, 0.25) is 0 Å². The molecule has 1 aromatic heterocycles. The molecule has 0 saturated heterocycles. The first-order chi connectivity index (χ1) is 10.0. The molecule has 1 heterocycles. The van der Waals surface area contributed by atoms with Gasteiger partial charge < -0.3 is 15.5 Å². The zero-order chi connectivity index (χ0) is 15.0. The topological polar surface area (TPSA) is 68.1 Å². The number of aromatic amines is 1. The molecule has 0 fully saturated rings. The number of anilines is 1. The Balaban J connectivity index is 1.96. The molecule has 0 aliphatic carbocycles. The molecule has 3 N–H and O–H groups in total. The lowest BCUT2D eigenvalue weighted by Gasteiger charge is -2.06. The zero-order valence-corrected chi connectivity index (χ0v) is 10.7. The number of aromatic nitrogens is 1. The summed E-state index contributed by atoms with van der Waals surface area (Å²) in [5, 5.41) is 0.415. The largest absolute Gasteiger partial charge is 0.421 e. The van der Waals surface area contributed by atoms with Crippen molar-refractivity contribution in [1.29, 1.82) is 0 Å². The molecule has 0 saturated carbocycles. The lowest BCUT2D eigenvalue weighted by molar-refractivity contribution is 0.0737. The number of hydrogen-bond donors (Lipinski definition) is 2. The molecule has 4 nitrogen and oxygen atoms in total. The van der Waals surface area contributed by atoms with Gasteiger partial charge >= 0.3 is 5.97 Å². The quantitative estimate of drug-likeness (QED) is 0.562. The standard InChI is InChI=1S/C15H10F2N2O2/c16-8-1-3-12(18)10(5-8)15(20)21-14-7-19-13-4-2-9(17)6-11(13)14/h1-7,19H,18H2. The maximum Gasteiger partial charge on any atom is 0.345 e. The SMILES string of the molecule is Nc1ccc(F)cc1C(=O)Oc1c[nH]c2ccc(F)cc12. The van der Waals surface area contributed by atoms with Crippen LogP contribution in [0.3, 0.4) is 0 Å². The number of carbonyl (C=O) groups excluding carboxylic acids is 1. The van der Waals surface area contributed by atoms with E-state index in [9.17, 15) is 13.6 Å². The summed E-state index contributed by atoms with van der Waals surface area (Å²) < 4.78 is 31.6. The summed E-state index contributed by atoms with van der Waals surface area (Å²) in [6.07, 6.45) is 1.43. The second-order valence-electron chi connectivity index (χ2n) is 4.46. The van der Waals surface area contributed by atoms with Gasteiger partial charge in [-0.2, -0.15) is 0 Å². The van der Waals surface area contributed by atoms with Gasteiger partial charge in [-0.1, -0.05) is 0 Å². The van der Waals surface area contributed by atoms with Crippen LogP contribution in [0.1, 0.15) is 10.4 Å². The van der Waals surface area contributed by atoms with Gasteiger partial charge in [-0.05, 0) is 36.4 Å². The highest BCUT2D eigenvalue weighted by Crippen LogP contribution is 2.27. The van der Waals surface area contributed by atoms with Crippen LogP contribution in [-0.2, 0) is 0 Å². The van der Waals surface area contributed by atoms with Gasteiger partial charge in [0.05, 0.1) is 5.56 Å². The number of nitrogen functional groups attached to an aromatic ring is 1. The monoisotopic (exact) mass is 288 g/mol. The highest BCUT2D eigenvalue weighted by atomic mass is 19.1. The third kappa shape index (κ3) is 2.43. The van der Waals surface area contributed by atoms with Crippen molar-refractivity contribution in [2.24, 2.45) is 0 Å². The Kier molecular flexibility index (Phi) is 3.06. The van der Waals surface area contributed by atoms with E-state index in [1.54, 1.807) is 0 Å². The minimum atomic E-state index is -0.808. The third-order valence-corrected chi connectivity index (χ3v) is 3.04. The molecule has 106 valence electrons. The van der Waals surface area contributed by atoms with E-state index in [1.165, 1.54) is 30.5 Å². The number of benzene rings is 2. The molecule has 0 bridgehead atoms. The van der Waals surface area contributed by atoms with Crippen molar-refractivity contribution in [3.05, 3.63) is 59.8 Å². The number of hydrogen-bond acceptors (Lipinski definition) is 3. The summed E-state index contributed by atoms with van der Waals surface area (Å²) in [5.74, 6) is -1.71. The minimum Gasteiger partial charge on any atom is -0.421 e. The number of H-pyrrole nitrogens is 1. The Labute approximate surface area is 118 Å². The van der Waals surface area contributed by atoms with Crippen molar-refractivity contribution in [2.45, 2.75) is 0 Å². The lowest BCUT2D eigenvalue weighted by atomic mass is 10.2. The number of fused-ring (bicyclic) bond motifs is 1. The number of nitrogens with two attached hydrogens (primary N) is 1. The van der Waals surface area contributed by atoms with Crippen molar-refractivity contribution in [2.75, 3.05) is 5.73 Å². The number of nitrogens with one attached hydrogen (secondary N) is 1. The van der Waals surface area contributed by atoms with Crippen molar-refractivity contribution in [3.8, 4) is 5.75 Å². The van der Waals surface area contributed by atoms with E-state index < -0.39 is 17.6 Å². The van der Waals surface area contributed by atoms with E-state index in [-0.39, 0.29) is 17.0 Å². The van der Waals surface area contributed by atoms with E-state index in [2.05, 4.69) is 4.98 Å². The van der Waals surface area contributed by atoms with Gasteiger partial charge in [-0.3, -0.25) is 0 Å². The fourth-order valence-corrected chi connectivity index (χ4v) is 2.01. The Bertz CT molecular complexity index is 843. The molecule has 0 aliphatic heterocycles. The fraction of sp³-hybridized carbons (Fsp3) is 0. The number of carbonyl (C=O) groups is 1. The number of ether oxygens (including phenoxy) is 1. The molecule has 0 spiro atoms. The van der Waals surface area contributed by atoms with Gasteiger partial charge in [-0.25, -0.2) is 13.6 Å². The smallest absolute Gasteiger partial charge is 0.345 e. The zero-order valence-electron chi connectivity index (χ0n) is 10.7. The highest BCUT2D eigenvalue weighted by molar-refractivity contribution is 5.98. The highest BCUT2D eigenvalue weighted by Gasteiger charge is 2.16. The molecule has 0 atom stereocenters. The molecule has 0 aliphatic rings. The van der Waals surface area contributed by atoms with Gasteiger partial charge in [0.15, 0.2) is 5.75 Å². The average molecular weight is 288 g/mol. The maximum atomic E-state index is 13.2. The van der Waals surface area contributed by atoms with Gasteiger partial charge in [-0.15, -0.1) is 0 Å². The van der Waals surface area contributed by atoms with Crippen molar-refractivity contribution < 1.29 is 18.3 Å². The van der Waals surface area contributed by atoms with E-state index >= 15 is 0 Å². The first-order valence-electron chi connectivity index (χ1n) is 6.08. The normalized spacial score (nSPS) is 10.8. The van der Waals surface area contributed by atoms with Gasteiger partial charge in [0.25, 0.3) is 0 Å². The number of halogens is 2. The van der Waals surface area contributed by atoms with Crippen LogP contribution in [0.5, 0.6) is 5.75 Å². The molecule has 0 radical (unpaired) electrons. The van der Waals surface area contributed by atoms with Crippen LogP contribution in [-0.4, -0.2) is 11.0 Å². The van der Waals surface area contributed by atoms with E-state index in [1.807, 2.05) is 0 Å². The van der Waals surface area contributed by atoms with Crippen LogP contribution in [0.25, 0.3) is 10.9 Å². The molecule has 21 heavy (non-hydrogen) atoms. The van der Waals surface area contributed by atoms with E-state index in [4.69, 9.17) is 10.5 Å². The molecule has 3 aromatic rings. The van der Waals surface area contributed by atoms with E-state index in [0.29, 0.717) is 10.9 Å². The van der Waals surface area contributed by atoms with Crippen molar-refractivity contribution >= 4 is 22.6 Å². The first-order valence-corrected chi connectivity index (χ1v) is 6.08. The predicted octanol–water partition coefficient (Wildman–Crippen LogP) is 3.25. The molecule has 6 heteroatoms. The Hall–Kier alpha value is -2.89. The van der Waals surface area contributed by atoms with Gasteiger partial charge in [0, 0.05) is 22.8 Å². The van der Waals surface area contributed by atoms with Crippen LogP contribution in [0.4, 0.5) is 14.5 Å². The summed E-state index contributed by atoms with van der Waals surface area (Å²) in [5.41, 5.74) is 6.26. The maximum absolute atomic E-state index is 13.2. The Morgan fingerprint density at radius 1 is 1.10 bits per heavy atom. The molecular formula is C15H10F2N2O2. The molecule has 0 unspecified atom stereocenters. The summed E-state index contributed by atoms with van der Waals surface area (Å²) in [4.78, 5) is 14.9. The first kappa shape index (κ1) is 13.1. The summed E-state index contributed by atoms with van der Waals surface area (Å²) >= 11 is 0. The van der Waals surface area contributed by atoms with Crippen molar-refractivity contribution in [3.63, 3.8) is 0 Å². The van der Waals surface area contributed by atoms with Crippen molar-refractivity contribution in [1.82, 2.24) is 4.98 Å². The van der Waals surface area contributed by atoms with Crippen LogP contribution < -0.4 is 10.5 Å². The number of esters is 1. The third-order valence-electron chi connectivity index (χ3n) is 3.04. The number of rotatable bonds is 2. The molecule has 2 aromatic carbocycles.